The van der Waals surface area contributed by atoms with Gasteiger partial charge in [-0.2, -0.15) is 0 Å². The average Bonchev–Trinajstić information content (AvgIpc) is 2.16. The summed E-state index contributed by atoms with van der Waals surface area (Å²) in [6.45, 7) is 0. The molecule has 1 aromatic rings. The maximum absolute atomic E-state index is 13.3. The van der Waals surface area contributed by atoms with Gasteiger partial charge >= 0.3 is 5.97 Å². The van der Waals surface area contributed by atoms with Gasteiger partial charge in [0.15, 0.2) is 0 Å². The maximum atomic E-state index is 13.3. The number of ether oxygens (including phenoxy) is 1. The van der Waals surface area contributed by atoms with Crippen molar-refractivity contribution in [3.63, 3.8) is 0 Å². The first-order valence-electron chi connectivity index (χ1n) is 3.75. The highest BCUT2D eigenvalue weighted by atomic mass is 79.9. The Labute approximate surface area is 88.6 Å². The molecule has 0 saturated carbocycles. The van der Waals surface area contributed by atoms with Gasteiger partial charge in [0.05, 0.1) is 12.7 Å². The van der Waals surface area contributed by atoms with Crippen molar-refractivity contribution in [2.45, 2.75) is 5.33 Å². The molecule has 1 rings (SSSR count). The number of carboxylic acids is 1. The Hall–Kier alpha value is -1.10. The molecule has 0 saturated heterocycles. The summed E-state index contributed by atoms with van der Waals surface area (Å²) in [7, 11) is 1.36. The zero-order valence-electron chi connectivity index (χ0n) is 7.38. The van der Waals surface area contributed by atoms with Crippen LogP contribution in [-0.4, -0.2) is 18.2 Å². The van der Waals surface area contributed by atoms with E-state index >= 15 is 0 Å². The van der Waals surface area contributed by atoms with Gasteiger partial charge in [0, 0.05) is 17.0 Å². The Morgan fingerprint density at radius 2 is 2.29 bits per heavy atom. The van der Waals surface area contributed by atoms with Crippen LogP contribution in [0.1, 0.15) is 15.9 Å². The van der Waals surface area contributed by atoms with E-state index in [1.165, 1.54) is 13.2 Å². The standard InChI is InChI=1S/C9H8BrFO3/c1-14-5-2-6(9(12)13)7(4-10)8(11)3-5/h2-3H,4H2,1H3,(H,12,13). The molecule has 14 heavy (non-hydrogen) atoms. The largest absolute Gasteiger partial charge is 0.497 e. The van der Waals surface area contributed by atoms with E-state index in [1.807, 2.05) is 0 Å². The van der Waals surface area contributed by atoms with Crippen LogP contribution in [-0.2, 0) is 5.33 Å². The van der Waals surface area contributed by atoms with Crippen molar-refractivity contribution >= 4 is 21.9 Å². The zero-order valence-corrected chi connectivity index (χ0v) is 8.97. The number of carbonyl (C=O) groups is 1. The lowest BCUT2D eigenvalue weighted by Gasteiger charge is -2.07. The van der Waals surface area contributed by atoms with E-state index in [1.54, 1.807) is 0 Å². The minimum Gasteiger partial charge on any atom is -0.497 e. The second-order valence-electron chi connectivity index (χ2n) is 2.57. The Bertz CT molecular complexity index is 365. The summed E-state index contributed by atoms with van der Waals surface area (Å²) in [6.07, 6.45) is 0. The number of benzene rings is 1. The van der Waals surface area contributed by atoms with E-state index in [9.17, 15) is 9.18 Å². The Balaban J connectivity index is 3.35. The molecule has 0 amide bonds. The first-order chi connectivity index (χ1) is 6.60. The Morgan fingerprint density at radius 3 is 2.71 bits per heavy atom. The molecule has 0 bridgehead atoms. The van der Waals surface area contributed by atoms with Crippen LogP contribution in [0.25, 0.3) is 0 Å². The summed E-state index contributed by atoms with van der Waals surface area (Å²) in [4.78, 5) is 10.8. The average molecular weight is 263 g/mol. The number of hydrogen-bond acceptors (Lipinski definition) is 2. The number of alkyl halides is 1. The molecule has 0 spiro atoms. The summed E-state index contributed by atoms with van der Waals surface area (Å²) < 4.78 is 18.1. The van der Waals surface area contributed by atoms with Crippen LogP contribution >= 0.6 is 15.9 Å². The summed E-state index contributed by atoms with van der Waals surface area (Å²) in [5.74, 6) is -1.56. The van der Waals surface area contributed by atoms with E-state index in [-0.39, 0.29) is 22.2 Å². The molecule has 5 heteroatoms. The molecule has 1 N–H and O–H groups in total. The van der Waals surface area contributed by atoms with Crippen LogP contribution < -0.4 is 4.74 Å². The highest BCUT2D eigenvalue weighted by Gasteiger charge is 2.15. The third kappa shape index (κ3) is 2.04. The van der Waals surface area contributed by atoms with Crippen molar-refractivity contribution in [1.82, 2.24) is 0 Å². The third-order valence-electron chi connectivity index (χ3n) is 1.77. The molecule has 3 nitrogen and oxygen atoms in total. The minimum atomic E-state index is -1.17. The van der Waals surface area contributed by atoms with Crippen molar-refractivity contribution < 1.29 is 19.0 Å². The Morgan fingerprint density at radius 1 is 1.64 bits per heavy atom. The van der Waals surface area contributed by atoms with Gasteiger partial charge in [-0.3, -0.25) is 0 Å². The topological polar surface area (TPSA) is 46.5 Å². The maximum Gasteiger partial charge on any atom is 0.336 e. The predicted octanol–water partition coefficient (Wildman–Crippen LogP) is 2.43. The fraction of sp³-hybridized carbons (Fsp3) is 0.222. The van der Waals surface area contributed by atoms with E-state index in [2.05, 4.69) is 15.9 Å². The van der Waals surface area contributed by atoms with Gasteiger partial charge < -0.3 is 9.84 Å². The van der Waals surface area contributed by atoms with E-state index < -0.39 is 11.8 Å². The number of aromatic carboxylic acids is 1. The van der Waals surface area contributed by atoms with E-state index in [0.29, 0.717) is 0 Å². The van der Waals surface area contributed by atoms with Crippen molar-refractivity contribution in [2.75, 3.05) is 7.11 Å². The van der Waals surface area contributed by atoms with E-state index in [0.717, 1.165) is 6.07 Å². The third-order valence-corrected chi connectivity index (χ3v) is 2.33. The molecule has 0 radical (unpaired) electrons. The van der Waals surface area contributed by atoms with Crippen LogP contribution in [0.3, 0.4) is 0 Å². The lowest BCUT2D eigenvalue weighted by molar-refractivity contribution is 0.0695. The number of methoxy groups -OCH3 is 1. The fourth-order valence-corrected chi connectivity index (χ4v) is 1.63. The van der Waals surface area contributed by atoms with Crippen molar-refractivity contribution in [1.29, 1.82) is 0 Å². The molecular formula is C9H8BrFO3. The molecular weight excluding hydrogens is 255 g/mol. The van der Waals surface area contributed by atoms with Crippen molar-refractivity contribution in [3.05, 3.63) is 29.1 Å². The van der Waals surface area contributed by atoms with Crippen LogP contribution in [0.4, 0.5) is 4.39 Å². The smallest absolute Gasteiger partial charge is 0.336 e. The van der Waals surface area contributed by atoms with Gasteiger partial charge in [0.1, 0.15) is 11.6 Å². The Kier molecular flexibility index (Phi) is 3.46. The number of rotatable bonds is 3. The van der Waals surface area contributed by atoms with Gasteiger partial charge in [-0.05, 0) is 6.07 Å². The molecule has 0 aliphatic carbocycles. The fourth-order valence-electron chi connectivity index (χ4n) is 1.06. The van der Waals surface area contributed by atoms with E-state index in [4.69, 9.17) is 9.84 Å². The lowest BCUT2D eigenvalue weighted by Crippen LogP contribution is -2.04. The summed E-state index contributed by atoms with van der Waals surface area (Å²) >= 11 is 3.03. The van der Waals surface area contributed by atoms with Gasteiger partial charge in [0.25, 0.3) is 0 Å². The SMILES string of the molecule is COc1cc(F)c(CBr)c(C(=O)O)c1. The van der Waals surface area contributed by atoms with Gasteiger partial charge in [0.2, 0.25) is 0 Å². The molecule has 0 unspecified atom stereocenters. The highest BCUT2D eigenvalue weighted by Crippen LogP contribution is 2.23. The van der Waals surface area contributed by atoms with Gasteiger partial charge in [-0.15, -0.1) is 0 Å². The molecule has 0 fully saturated rings. The minimum absolute atomic E-state index is 0.0845. The van der Waals surface area contributed by atoms with Crippen LogP contribution in [0, 0.1) is 5.82 Å². The van der Waals surface area contributed by atoms with Crippen LogP contribution in [0.2, 0.25) is 0 Å². The number of carboxylic acid groups (broad SMARTS) is 1. The molecule has 0 aromatic heterocycles. The lowest BCUT2D eigenvalue weighted by atomic mass is 10.1. The normalized spacial score (nSPS) is 9.93. The summed E-state index contributed by atoms with van der Waals surface area (Å²) in [6, 6.07) is 2.45. The van der Waals surface area contributed by atoms with Crippen LogP contribution in [0.5, 0.6) is 5.75 Å². The summed E-state index contributed by atoms with van der Waals surface area (Å²) in [5.41, 5.74) is 0.0389. The molecule has 0 atom stereocenters. The molecule has 0 aliphatic rings. The van der Waals surface area contributed by atoms with Crippen molar-refractivity contribution in [2.24, 2.45) is 0 Å². The quantitative estimate of drug-likeness (QED) is 0.852. The molecule has 0 heterocycles. The highest BCUT2D eigenvalue weighted by molar-refractivity contribution is 9.08. The van der Waals surface area contributed by atoms with Gasteiger partial charge in [-0.1, -0.05) is 15.9 Å². The van der Waals surface area contributed by atoms with Gasteiger partial charge in [-0.25, -0.2) is 9.18 Å². The number of halogens is 2. The second-order valence-corrected chi connectivity index (χ2v) is 3.13. The zero-order chi connectivity index (χ0) is 10.7. The molecule has 1 aromatic carbocycles. The first kappa shape index (κ1) is 11.0. The van der Waals surface area contributed by atoms with Crippen LogP contribution in [0.15, 0.2) is 12.1 Å². The monoisotopic (exact) mass is 262 g/mol. The summed E-state index contributed by atoms with van der Waals surface area (Å²) in [5, 5.41) is 8.96. The first-order valence-corrected chi connectivity index (χ1v) is 4.88. The van der Waals surface area contributed by atoms with Crippen molar-refractivity contribution in [3.8, 4) is 5.75 Å². The second kappa shape index (κ2) is 4.41. The molecule has 76 valence electrons. The molecule has 0 aliphatic heterocycles. The number of hydrogen-bond donors (Lipinski definition) is 1. The predicted molar refractivity (Wildman–Crippen MR) is 52.5 cm³/mol.